The first kappa shape index (κ1) is 12.4. The van der Waals surface area contributed by atoms with E-state index in [4.69, 9.17) is 5.73 Å². The molecule has 0 amide bonds. The van der Waals surface area contributed by atoms with E-state index in [1.165, 1.54) is 0 Å². The normalized spacial score (nSPS) is 10.7. The fourth-order valence-corrected chi connectivity index (χ4v) is 2.20. The zero-order chi connectivity index (χ0) is 13.9. The Morgan fingerprint density at radius 3 is 2.75 bits per heavy atom. The van der Waals surface area contributed by atoms with Gasteiger partial charge in [0, 0.05) is 28.7 Å². The lowest BCUT2D eigenvalue weighted by atomic mass is 10.1. The number of nitrogens with zero attached hydrogens (tertiary/aromatic N) is 3. The van der Waals surface area contributed by atoms with Crippen LogP contribution >= 0.6 is 0 Å². The van der Waals surface area contributed by atoms with Gasteiger partial charge in [-0.3, -0.25) is 9.67 Å². The molecule has 0 spiro atoms. The van der Waals surface area contributed by atoms with Gasteiger partial charge in [0.25, 0.3) is 0 Å². The molecule has 4 nitrogen and oxygen atoms in total. The van der Waals surface area contributed by atoms with Gasteiger partial charge in [-0.1, -0.05) is 24.3 Å². The van der Waals surface area contributed by atoms with Crippen molar-refractivity contribution in [1.29, 1.82) is 0 Å². The summed E-state index contributed by atoms with van der Waals surface area (Å²) >= 11 is 0. The van der Waals surface area contributed by atoms with Gasteiger partial charge >= 0.3 is 0 Å². The van der Waals surface area contributed by atoms with E-state index < -0.39 is 0 Å². The fraction of sp³-hybridized carbons (Fsp3) is 0.125. The maximum absolute atomic E-state index is 5.98. The Morgan fingerprint density at radius 1 is 1.10 bits per heavy atom. The van der Waals surface area contributed by atoms with E-state index >= 15 is 0 Å². The molecule has 1 aromatic carbocycles. The SMILES string of the molecule is Cc1cccc(Cn2cc(-c3ccccc3N)cn2)n1. The molecule has 3 aromatic rings. The van der Waals surface area contributed by atoms with Crippen molar-refractivity contribution in [3.8, 4) is 11.1 Å². The molecule has 0 saturated carbocycles. The first-order valence-corrected chi connectivity index (χ1v) is 6.52. The topological polar surface area (TPSA) is 56.7 Å². The number of hydrogen-bond donors (Lipinski definition) is 1. The number of benzene rings is 1. The Morgan fingerprint density at radius 2 is 1.95 bits per heavy atom. The molecule has 3 rings (SSSR count). The van der Waals surface area contributed by atoms with Crippen molar-refractivity contribution in [2.24, 2.45) is 0 Å². The zero-order valence-electron chi connectivity index (χ0n) is 11.3. The van der Waals surface area contributed by atoms with Gasteiger partial charge in [0.15, 0.2) is 0 Å². The largest absolute Gasteiger partial charge is 0.398 e. The number of pyridine rings is 1. The van der Waals surface area contributed by atoms with Crippen LogP contribution in [-0.2, 0) is 6.54 Å². The minimum atomic E-state index is 0.661. The highest BCUT2D eigenvalue weighted by atomic mass is 15.3. The Labute approximate surface area is 117 Å². The average Bonchev–Trinajstić information content (AvgIpc) is 2.87. The summed E-state index contributed by atoms with van der Waals surface area (Å²) in [6.45, 7) is 2.65. The maximum Gasteiger partial charge on any atom is 0.0831 e. The summed E-state index contributed by atoms with van der Waals surface area (Å²) in [5.41, 5.74) is 10.8. The molecule has 4 heteroatoms. The predicted octanol–water partition coefficient (Wildman–Crippen LogP) is 2.88. The second-order valence-electron chi connectivity index (χ2n) is 4.78. The van der Waals surface area contributed by atoms with Crippen molar-refractivity contribution in [2.45, 2.75) is 13.5 Å². The van der Waals surface area contributed by atoms with Crippen molar-refractivity contribution in [1.82, 2.24) is 14.8 Å². The number of aryl methyl sites for hydroxylation is 1. The summed E-state index contributed by atoms with van der Waals surface area (Å²) < 4.78 is 1.88. The Kier molecular flexibility index (Phi) is 3.21. The van der Waals surface area contributed by atoms with Gasteiger partial charge in [-0.2, -0.15) is 5.10 Å². The van der Waals surface area contributed by atoms with Gasteiger partial charge in [-0.25, -0.2) is 0 Å². The van der Waals surface area contributed by atoms with Crippen LogP contribution in [0.1, 0.15) is 11.4 Å². The van der Waals surface area contributed by atoms with Crippen LogP contribution in [0.3, 0.4) is 0 Å². The molecule has 2 heterocycles. The van der Waals surface area contributed by atoms with Gasteiger partial charge in [0.1, 0.15) is 0 Å². The van der Waals surface area contributed by atoms with Crippen LogP contribution in [0.5, 0.6) is 0 Å². The second-order valence-corrected chi connectivity index (χ2v) is 4.78. The van der Waals surface area contributed by atoms with Gasteiger partial charge in [0.05, 0.1) is 18.4 Å². The highest BCUT2D eigenvalue weighted by Crippen LogP contribution is 2.24. The molecule has 0 fully saturated rings. The molecule has 0 aliphatic carbocycles. The van der Waals surface area contributed by atoms with E-state index in [1.54, 1.807) is 0 Å². The monoisotopic (exact) mass is 264 g/mol. The lowest BCUT2D eigenvalue weighted by Gasteiger charge is -2.03. The first-order chi connectivity index (χ1) is 9.72. The number of nitrogens with two attached hydrogens (primary N) is 1. The second kappa shape index (κ2) is 5.17. The predicted molar refractivity (Wildman–Crippen MR) is 80.2 cm³/mol. The summed E-state index contributed by atoms with van der Waals surface area (Å²) in [5, 5.41) is 4.38. The van der Waals surface area contributed by atoms with Crippen molar-refractivity contribution in [3.05, 3.63) is 66.2 Å². The lowest BCUT2D eigenvalue weighted by molar-refractivity contribution is 0.671. The molecule has 0 aliphatic rings. The van der Waals surface area contributed by atoms with Gasteiger partial charge < -0.3 is 5.73 Å². The highest BCUT2D eigenvalue weighted by molar-refractivity contribution is 5.75. The van der Waals surface area contributed by atoms with Gasteiger partial charge in [-0.15, -0.1) is 0 Å². The molecule has 100 valence electrons. The van der Waals surface area contributed by atoms with Crippen molar-refractivity contribution < 1.29 is 0 Å². The average molecular weight is 264 g/mol. The van der Waals surface area contributed by atoms with Crippen LogP contribution in [-0.4, -0.2) is 14.8 Å². The van der Waals surface area contributed by atoms with Crippen LogP contribution in [0.2, 0.25) is 0 Å². The summed E-state index contributed by atoms with van der Waals surface area (Å²) in [7, 11) is 0. The number of rotatable bonds is 3. The van der Waals surface area contributed by atoms with Crippen LogP contribution in [0.4, 0.5) is 5.69 Å². The maximum atomic E-state index is 5.98. The minimum absolute atomic E-state index is 0.661. The van der Waals surface area contributed by atoms with E-state index in [9.17, 15) is 0 Å². The molecule has 2 aromatic heterocycles. The molecular weight excluding hydrogens is 248 g/mol. The molecular formula is C16H16N4. The molecule has 0 unspecified atom stereocenters. The summed E-state index contributed by atoms with van der Waals surface area (Å²) in [5.74, 6) is 0. The highest BCUT2D eigenvalue weighted by Gasteiger charge is 2.05. The zero-order valence-corrected chi connectivity index (χ0v) is 11.3. The fourth-order valence-electron chi connectivity index (χ4n) is 2.20. The third-order valence-corrected chi connectivity index (χ3v) is 3.18. The lowest BCUT2D eigenvalue weighted by Crippen LogP contribution is -2.02. The summed E-state index contributed by atoms with van der Waals surface area (Å²) in [4.78, 5) is 4.48. The molecule has 0 saturated heterocycles. The van der Waals surface area contributed by atoms with Crippen molar-refractivity contribution >= 4 is 5.69 Å². The summed E-state index contributed by atoms with van der Waals surface area (Å²) in [6.07, 6.45) is 3.83. The molecule has 20 heavy (non-hydrogen) atoms. The number of anilines is 1. The number of para-hydroxylation sites is 1. The summed E-state index contributed by atoms with van der Waals surface area (Å²) in [6, 6.07) is 13.8. The number of nitrogen functional groups attached to an aromatic ring is 1. The quantitative estimate of drug-likeness (QED) is 0.740. The van der Waals surface area contributed by atoms with E-state index in [2.05, 4.69) is 10.1 Å². The van der Waals surface area contributed by atoms with Crippen molar-refractivity contribution in [3.63, 3.8) is 0 Å². The van der Waals surface area contributed by atoms with E-state index in [1.807, 2.05) is 66.5 Å². The molecule has 0 bridgehead atoms. The van der Waals surface area contributed by atoms with Crippen molar-refractivity contribution in [2.75, 3.05) is 5.73 Å². The first-order valence-electron chi connectivity index (χ1n) is 6.52. The van der Waals surface area contributed by atoms with E-state index in [0.717, 1.165) is 28.2 Å². The van der Waals surface area contributed by atoms with Crippen LogP contribution in [0.15, 0.2) is 54.9 Å². The van der Waals surface area contributed by atoms with Gasteiger partial charge in [-0.05, 0) is 25.1 Å². The number of hydrogen-bond acceptors (Lipinski definition) is 3. The minimum Gasteiger partial charge on any atom is -0.398 e. The third-order valence-electron chi connectivity index (χ3n) is 3.18. The Bertz CT molecular complexity index is 731. The molecule has 2 N–H and O–H groups in total. The smallest absolute Gasteiger partial charge is 0.0831 e. The standard InChI is InChI=1S/C16H16N4/c1-12-5-4-6-14(19-12)11-20-10-13(9-18-20)15-7-2-3-8-16(15)17/h2-10H,11,17H2,1H3. The molecule has 0 atom stereocenters. The molecule has 0 radical (unpaired) electrons. The molecule has 0 aliphatic heterocycles. The Balaban J connectivity index is 1.86. The van der Waals surface area contributed by atoms with Crippen LogP contribution < -0.4 is 5.73 Å². The van der Waals surface area contributed by atoms with E-state index in [0.29, 0.717) is 6.54 Å². The Hall–Kier alpha value is -2.62. The van der Waals surface area contributed by atoms with E-state index in [-0.39, 0.29) is 0 Å². The number of aromatic nitrogens is 3. The third kappa shape index (κ3) is 2.54. The van der Waals surface area contributed by atoms with Crippen LogP contribution in [0.25, 0.3) is 11.1 Å². The van der Waals surface area contributed by atoms with Crippen LogP contribution in [0, 0.1) is 6.92 Å². The van der Waals surface area contributed by atoms with Gasteiger partial charge in [0.2, 0.25) is 0 Å².